The number of rotatable bonds is 6. The average Bonchev–Trinajstić information content (AvgIpc) is 3.29. The van der Waals surface area contributed by atoms with Gasteiger partial charge in [0.1, 0.15) is 13.2 Å². The fourth-order valence-electron chi connectivity index (χ4n) is 5.57. The number of hydrogen-bond acceptors (Lipinski definition) is 7. The summed E-state index contributed by atoms with van der Waals surface area (Å²) in [4.78, 5) is 53.8. The van der Waals surface area contributed by atoms with Gasteiger partial charge in [0.05, 0.1) is 12.1 Å². The average molecular weight is 499 g/mol. The van der Waals surface area contributed by atoms with E-state index in [-0.39, 0.29) is 72.9 Å². The van der Waals surface area contributed by atoms with E-state index in [1.807, 2.05) is 27.7 Å². The Kier molecular flexibility index (Phi) is 7.17. The molecule has 0 radical (unpaired) electrons. The van der Waals surface area contributed by atoms with Crippen molar-refractivity contribution in [1.82, 2.24) is 9.80 Å². The maximum absolute atomic E-state index is 13.3. The predicted octanol–water partition coefficient (Wildman–Crippen LogP) is 3.95. The normalized spacial score (nSPS) is 30.8. The summed E-state index contributed by atoms with van der Waals surface area (Å²) in [6.07, 6.45) is -0.907. The molecular formula is C22H38N2O7Si2. The van der Waals surface area contributed by atoms with E-state index < -0.39 is 28.8 Å². The molecule has 3 aliphatic heterocycles. The number of nitrogens with zero attached hydrogens (tertiary/aromatic N) is 2. The first-order valence-electron chi connectivity index (χ1n) is 11.8. The molecule has 9 nitrogen and oxygen atoms in total. The van der Waals surface area contributed by atoms with Crippen molar-refractivity contribution >= 4 is 40.6 Å². The second kappa shape index (κ2) is 9.14. The summed E-state index contributed by atoms with van der Waals surface area (Å²) in [5.41, 5.74) is -0.263. The van der Waals surface area contributed by atoms with Gasteiger partial charge in [0.25, 0.3) is 0 Å². The lowest BCUT2D eigenvalue weighted by molar-refractivity contribution is -0.131. The number of amides is 4. The predicted molar refractivity (Wildman–Crippen MR) is 126 cm³/mol. The molecule has 3 saturated heterocycles. The molecule has 3 heterocycles. The molecule has 0 aromatic heterocycles. The number of ether oxygens (including phenoxy) is 2. The first-order chi connectivity index (χ1) is 15.2. The van der Waals surface area contributed by atoms with Crippen molar-refractivity contribution in [2.45, 2.75) is 89.9 Å². The fourth-order valence-corrected chi connectivity index (χ4v) is 18.1. The number of cyclic esters (lactones) is 2. The van der Waals surface area contributed by atoms with E-state index in [9.17, 15) is 19.2 Å². The van der Waals surface area contributed by atoms with Crippen LogP contribution in [0.4, 0.5) is 9.59 Å². The van der Waals surface area contributed by atoms with Crippen molar-refractivity contribution in [3.63, 3.8) is 0 Å². The van der Waals surface area contributed by atoms with E-state index in [4.69, 9.17) is 13.6 Å². The second-order valence-electron chi connectivity index (χ2n) is 11.2. The number of carbonyl (C=O) groups excluding carboxylic acids is 4. The van der Waals surface area contributed by atoms with Gasteiger partial charge < -0.3 is 13.6 Å². The molecule has 33 heavy (non-hydrogen) atoms. The largest absolute Gasteiger partial charge is 0.455 e. The Balaban J connectivity index is 1.83. The first-order valence-corrected chi connectivity index (χ1v) is 17.8. The Labute approximate surface area is 198 Å². The summed E-state index contributed by atoms with van der Waals surface area (Å²) in [6.45, 7) is 16.6. The van der Waals surface area contributed by atoms with E-state index in [2.05, 4.69) is 26.2 Å². The third kappa shape index (κ3) is 4.90. The molecule has 0 unspecified atom stereocenters. The van der Waals surface area contributed by atoms with Crippen molar-refractivity contribution in [1.29, 1.82) is 0 Å². The van der Waals surface area contributed by atoms with Crippen LogP contribution in [0.5, 0.6) is 0 Å². The van der Waals surface area contributed by atoms with Crippen LogP contribution in [0.15, 0.2) is 0 Å². The Bertz CT molecular complexity index is 764. The van der Waals surface area contributed by atoms with Crippen LogP contribution >= 0.6 is 0 Å². The third-order valence-electron chi connectivity index (χ3n) is 7.48. The Morgan fingerprint density at radius 3 is 1.42 bits per heavy atom. The molecule has 4 atom stereocenters. The molecule has 0 N–H and O–H groups in total. The standard InChI is InChI=1S/C22H38N2O7Si2/c1-13(2)15-11-29-21(27)23(15)19(25)9-17-18(33(7,8)31-32(17,5)6)10-20(26)24-16(14(3)4)12-30-22(24)28/h13-18H,9-12H2,1-8H3/t15-,16-,17+,18+/m1/s1. The highest BCUT2D eigenvalue weighted by Gasteiger charge is 2.58. The Morgan fingerprint density at radius 1 is 0.788 bits per heavy atom. The van der Waals surface area contributed by atoms with Crippen molar-refractivity contribution in [3.05, 3.63) is 0 Å². The van der Waals surface area contributed by atoms with Gasteiger partial charge in [-0.05, 0) is 49.1 Å². The van der Waals surface area contributed by atoms with Gasteiger partial charge >= 0.3 is 12.2 Å². The number of hydrogen-bond donors (Lipinski definition) is 0. The van der Waals surface area contributed by atoms with Crippen LogP contribution in [0, 0.1) is 11.8 Å². The van der Waals surface area contributed by atoms with Gasteiger partial charge in [-0.2, -0.15) is 0 Å². The summed E-state index contributed by atoms with van der Waals surface area (Å²) in [5.74, 6) is -0.365. The topological polar surface area (TPSA) is 102 Å². The summed E-state index contributed by atoms with van der Waals surface area (Å²) in [5, 5.41) is 0. The SMILES string of the molecule is CC(C)[C@H]1COC(=O)N1C(=O)C[C@H]1[C@H](CC(=O)N2C(=O)OC[C@@H]2C(C)C)[Si](C)(C)O[Si]1(C)C. The van der Waals surface area contributed by atoms with Gasteiger partial charge in [0, 0.05) is 12.8 Å². The second-order valence-corrected chi connectivity index (χ2v) is 19.9. The molecule has 0 bridgehead atoms. The zero-order valence-electron chi connectivity index (χ0n) is 21.0. The Morgan fingerprint density at radius 2 is 1.12 bits per heavy atom. The van der Waals surface area contributed by atoms with E-state index >= 15 is 0 Å². The minimum atomic E-state index is -2.34. The van der Waals surface area contributed by atoms with Crippen LogP contribution < -0.4 is 0 Å². The maximum atomic E-state index is 13.3. The highest BCUT2D eigenvalue weighted by Crippen LogP contribution is 2.54. The minimum Gasteiger partial charge on any atom is -0.455 e. The van der Waals surface area contributed by atoms with Crippen LogP contribution in [0.25, 0.3) is 0 Å². The summed E-state index contributed by atoms with van der Waals surface area (Å²) in [7, 11) is -4.68. The lowest BCUT2D eigenvalue weighted by atomic mass is 10.0. The van der Waals surface area contributed by atoms with E-state index in [0.717, 1.165) is 0 Å². The summed E-state index contributed by atoms with van der Waals surface area (Å²) in [6, 6.07) is -0.567. The highest BCUT2D eigenvalue weighted by atomic mass is 28.4. The van der Waals surface area contributed by atoms with Crippen molar-refractivity contribution in [2.24, 2.45) is 11.8 Å². The highest BCUT2D eigenvalue weighted by molar-refractivity contribution is 6.91. The van der Waals surface area contributed by atoms with Crippen LogP contribution in [0.1, 0.15) is 40.5 Å². The monoisotopic (exact) mass is 498 g/mol. The molecule has 3 aliphatic rings. The number of carbonyl (C=O) groups is 4. The minimum absolute atomic E-state index is 0.0859. The molecular weight excluding hydrogens is 460 g/mol. The third-order valence-corrected chi connectivity index (χ3v) is 16.8. The molecule has 0 aliphatic carbocycles. The fraction of sp³-hybridized carbons (Fsp3) is 0.818. The molecule has 11 heteroatoms. The van der Waals surface area contributed by atoms with E-state index in [0.29, 0.717) is 0 Å². The Hall–Kier alpha value is -1.73. The first kappa shape index (κ1) is 25.9. The van der Waals surface area contributed by atoms with E-state index in [1.54, 1.807) is 0 Å². The van der Waals surface area contributed by atoms with Crippen LogP contribution in [-0.2, 0) is 23.2 Å². The van der Waals surface area contributed by atoms with Crippen LogP contribution in [0.2, 0.25) is 37.3 Å². The molecule has 4 amide bonds. The van der Waals surface area contributed by atoms with Crippen molar-refractivity contribution in [2.75, 3.05) is 13.2 Å². The lowest BCUT2D eigenvalue weighted by Gasteiger charge is -2.31. The zero-order chi connectivity index (χ0) is 24.9. The molecule has 0 saturated carbocycles. The van der Waals surface area contributed by atoms with Gasteiger partial charge in [-0.1, -0.05) is 27.7 Å². The van der Waals surface area contributed by atoms with Crippen molar-refractivity contribution in [3.8, 4) is 0 Å². The molecule has 3 fully saturated rings. The molecule has 0 aromatic rings. The van der Waals surface area contributed by atoms with Gasteiger partial charge in [-0.25, -0.2) is 19.4 Å². The van der Waals surface area contributed by atoms with Crippen LogP contribution in [0.3, 0.4) is 0 Å². The van der Waals surface area contributed by atoms with Gasteiger partial charge in [0.2, 0.25) is 11.8 Å². The lowest BCUT2D eigenvalue weighted by Crippen LogP contribution is -2.45. The number of imide groups is 2. The zero-order valence-corrected chi connectivity index (χ0v) is 23.0. The molecule has 0 spiro atoms. The van der Waals surface area contributed by atoms with Gasteiger partial charge in [0.15, 0.2) is 16.6 Å². The van der Waals surface area contributed by atoms with Gasteiger partial charge in [-0.3, -0.25) is 9.59 Å². The molecule has 3 rings (SSSR count). The molecule has 0 aromatic carbocycles. The smallest absolute Gasteiger partial charge is 0.416 e. The summed E-state index contributed by atoms with van der Waals surface area (Å²) >= 11 is 0. The van der Waals surface area contributed by atoms with Crippen molar-refractivity contribution < 1.29 is 32.8 Å². The molecule has 186 valence electrons. The maximum Gasteiger partial charge on any atom is 0.416 e. The van der Waals surface area contributed by atoms with Crippen LogP contribution in [-0.4, -0.2) is 75.7 Å². The summed E-state index contributed by atoms with van der Waals surface area (Å²) < 4.78 is 16.9. The van der Waals surface area contributed by atoms with Gasteiger partial charge in [-0.15, -0.1) is 0 Å². The quantitative estimate of drug-likeness (QED) is 0.511. The van der Waals surface area contributed by atoms with E-state index in [1.165, 1.54) is 9.80 Å².